The molecule has 2 aromatic rings. The van der Waals surface area contributed by atoms with Crippen molar-refractivity contribution >= 4 is 17.5 Å². The quantitative estimate of drug-likeness (QED) is 0.613. The van der Waals surface area contributed by atoms with Crippen LogP contribution in [0.25, 0.3) is 0 Å². The molecule has 0 spiro atoms. The van der Waals surface area contributed by atoms with Gasteiger partial charge in [-0.15, -0.1) is 0 Å². The summed E-state index contributed by atoms with van der Waals surface area (Å²) in [6.45, 7) is 4.72. The van der Waals surface area contributed by atoms with E-state index >= 15 is 0 Å². The molecule has 1 amide bonds. The van der Waals surface area contributed by atoms with Gasteiger partial charge in [-0.1, -0.05) is 17.7 Å². The van der Waals surface area contributed by atoms with E-state index in [-0.39, 0.29) is 5.91 Å². The molecule has 0 aliphatic carbocycles. The number of ether oxygens (including phenoxy) is 3. The Morgan fingerprint density at radius 1 is 1.00 bits per heavy atom. The molecular formula is C22H27ClN2O4. The lowest BCUT2D eigenvalue weighted by Gasteiger charge is -2.34. The van der Waals surface area contributed by atoms with Crippen LogP contribution in [0.2, 0.25) is 5.02 Å². The van der Waals surface area contributed by atoms with Crippen LogP contribution in [0.3, 0.4) is 0 Å². The van der Waals surface area contributed by atoms with E-state index in [0.717, 1.165) is 31.8 Å². The molecule has 3 rings (SSSR count). The summed E-state index contributed by atoms with van der Waals surface area (Å²) in [5.74, 6) is 2.00. The van der Waals surface area contributed by atoms with E-state index in [9.17, 15) is 4.79 Å². The van der Waals surface area contributed by atoms with Crippen LogP contribution in [0.5, 0.6) is 17.2 Å². The van der Waals surface area contributed by atoms with Gasteiger partial charge in [0.15, 0.2) is 11.5 Å². The Hall–Kier alpha value is -2.44. The molecule has 0 radical (unpaired) electrons. The first-order chi connectivity index (χ1) is 14.1. The van der Waals surface area contributed by atoms with E-state index in [1.165, 1.54) is 0 Å². The molecule has 0 unspecified atom stereocenters. The minimum atomic E-state index is 0.0230. The molecule has 1 saturated heterocycles. The highest BCUT2D eigenvalue weighted by Gasteiger charge is 2.22. The van der Waals surface area contributed by atoms with Crippen LogP contribution in [-0.2, 0) is 0 Å². The van der Waals surface area contributed by atoms with Crippen molar-refractivity contribution in [3.8, 4) is 17.2 Å². The van der Waals surface area contributed by atoms with E-state index < -0.39 is 0 Å². The largest absolute Gasteiger partial charge is 0.493 e. The van der Waals surface area contributed by atoms with E-state index in [2.05, 4.69) is 4.90 Å². The van der Waals surface area contributed by atoms with Gasteiger partial charge in [-0.3, -0.25) is 9.69 Å². The zero-order valence-corrected chi connectivity index (χ0v) is 17.7. The number of carbonyl (C=O) groups is 1. The van der Waals surface area contributed by atoms with Gasteiger partial charge in [0.2, 0.25) is 0 Å². The summed E-state index contributed by atoms with van der Waals surface area (Å²) in [6.07, 6.45) is 0.927. The molecule has 0 bridgehead atoms. The number of halogens is 1. The summed E-state index contributed by atoms with van der Waals surface area (Å²) in [6, 6.07) is 12.7. The Morgan fingerprint density at radius 3 is 2.45 bits per heavy atom. The minimum Gasteiger partial charge on any atom is -0.493 e. The van der Waals surface area contributed by atoms with Crippen molar-refractivity contribution in [3.05, 3.63) is 53.1 Å². The van der Waals surface area contributed by atoms with E-state index in [0.29, 0.717) is 41.8 Å². The molecule has 0 atom stereocenters. The molecule has 1 aliphatic heterocycles. The van der Waals surface area contributed by atoms with Gasteiger partial charge in [0.25, 0.3) is 5.91 Å². The summed E-state index contributed by atoms with van der Waals surface area (Å²) in [5, 5.41) is 0.678. The number of hydrogen-bond donors (Lipinski definition) is 0. The summed E-state index contributed by atoms with van der Waals surface area (Å²) in [5.41, 5.74) is 0.617. The second-order valence-corrected chi connectivity index (χ2v) is 7.30. The smallest absolute Gasteiger partial charge is 0.254 e. The van der Waals surface area contributed by atoms with Gasteiger partial charge in [-0.05, 0) is 42.8 Å². The first-order valence-corrected chi connectivity index (χ1v) is 10.1. The van der Waals surface area contributed by atoms with Crippen LogP contribution in [-0.4, -0.2) is 69.3 Å². The van der Waals surface area contributed by atoms with E-state index in [4.69, 9.17) is 25.8 Å². The Kier molecular flexibility index (Phi) is 7.61. The third kappa shape index (κ3) is 5.78. The summed E-state index contributed by atoms with van der Waals surface area (Å²) in [4.78, 5) is 17.0. The highest BCUT2D eigenvalue weighted by atomic mass is 35.5. The Balaban J connectivity index is 1.42. The molecule has 0 saturated carbocycles. The standard InChI is InChI=1S/C22H27ClN2O4/c1-27-20-8-7-17(15-21(20)28-2)22(26)25-12-10-24(11-13-25)9-4-14-29-19-6-3-5-18(23)16-19/h3,5-8,15-16H,4,9-14H2,1-2H3. The third-order valence-corrected chi connectivity index (χ3v) is 5.21. The van der Waals surface area contributed by atoms with Crippen LogP contribution in [0.1, 0.15) is 16.8 Å². The van der Waals surface area contributed by atoms with Crippen molar-refractivity contribution in [2.75, 3.05) is 53.6 Å². The number of benzene rings is 2. The number of carbonyl (C=O) groups excluding carboxylic acids is 1. The van der Waals surface area contributed by atoms with Gasteiger partial charge in [0.05, 0.1) is 20.8 Å². The number of hydrogen-bond acceptors (Lipinski definition) is 5. The number of piperazine rings is 1. The van der Waals surface area contributed by atoms with Crippen molar-refractivity contribution in [1.29, 1.82) is 0 Å². The van der Waals surface area contributed by atoms with Gasteiger partial charge in [0.1, 0.15) is 5.75 Å². The molecular weight excluding hydrogens is 392 g/mol. The lowest BCUT2D eigenvalue weighted by molar-refractivity contribution is 0.0630. The van der Waals surface area contributed by atoms with Crippen LogP contribution < -0.4 is 14.2 Å². The zero-order chi connectivity index (χ0) is 20.6. The lowest BCUT2D eigenvalue weighted by atomic mass is 10.1. The third-order valence-electron chi connectivity index (χ3n) is 4.97. The highest BCUT2D eigenvalue weighted by Crippen LogP contribution is 2.28. The first-order valence-electron chi connectivity index (χ1n) is 9.72. The molecule has 1 heterocycles. The van der Waals surface area contributed by atoms with Crippen LogP contribution >= 0.6 is 11.6 Å². The predicted molar refractivity (Wildman–Crippen MR) is 113 cm³/mol. The normalized spacial score (nSPS) is 14.5. The SMILES string of the molecule is COc1ccc(C(=O)N2CCN(CCCOc3cccc(Cl)c3)CC2)cc1OC. The number of methoxy groups -OCH3 is 2. The maximum Gasteiger partial charge on any atom is 0.254 e. The Morgan fingerprint density at radius 2 is 1.76 bits per heavy atom. The lowest BCUT2D eigenvalue weighted by Crippen LogP contribution is -2.49. The Labute approximate surface area is 176 Å². The van der Waals surface area contributed by atoms with Crippen molar-refractivity contribution in [3.63, 3.8) is 0 Å². The Bertz CT molecular complexity index is 822. The first kappa shape index (κ1) is 21.3. The summed E-state index contributed by atoms with van der Waals surface area (Å²) >= 11 is 5.96. The van der Waals surface area contributed by atoms with Gasteiger partial charge in [-0.25, -0.2) is 0 Å². The van der Waals surface area contributed by atoms with Crippen LogP contribution in [0, 0.1) is 0 Å². The van der Waals surface area contributed by atoms with E-state index in [1.54, 1.807) is 32.4 Å². The molecule has 6 nitrogen and oxygen atoms in total. The maximum absolute atomic E-state index is 12.8. The summed E-state index contributed by atoms with van der Waals surface area (Å²) in [7, 11) is 3.15. The van der Waals surface area contributed by atoms with Crippen molar-refractivity contribution < 1.29 is 19.0 Å². The predicted octanol–water partition coefficient (Wildman–Crippen LogP) is 3.58. The number of nitrogens with zero attached hydrogens (tertiary/aromatic N) is 2. The topological polar surface area (TPSA) is 51.2 Å². The molecule has 0 aromatic heterocycles. The molecule has 156 valence electrons. The van der Waals surface area contributed by atoms with Crippen molar-refractivity contribution in [2.24, 2.45) is 0 Å². The minimum absolute atomic E-state index is 0.0230. The van der Waals surface area contributed by atoms with Crippen molar-refractivity contribution in [1.82, 2.24) is 9.80 Å². The van der Waals surface area contributed by atoms with Gasteiger partial charge >= 0.3 is 0 Å². The van der Waals surface area contributed by atoms with E-state index in [1.807, 2.05) is 29.2 Å². The zero-order valence-electron chi connectivity index (χ0n) is 16.9. The number of amides is 1. The molecule has 2 aromatic carbocycles. The average Bonchev–Trinajstić information content (AvgIpc) is 2.76. The molecule has 29 heavy (non-hydrogen) atoms. The molecule has 1 aliphatic rings. The second kappa shape index (κ2) is 10.4. The molecule has 1 fully saturated rings. The van der Waals surface area contributed by atoms with Gasteiger partial charge < -0.3 is 19.1 Å². The van der Waals surface area contributed by atoms with Gasteiger partial charge in [-0.2, -0.15) is 0 Å². The molecule has 7 heteroatoms. The fraction of sp³-hybridized carbons (Fsp3) is 0.409. The second-order valence-electron chi connectivity index (χ2n) is 6.86. The highest BCUT2D eigenvalue weighted by molar-refractivity contribution is 6.30. The average molecular weight is 419 g/mol. The number of rotatable bonds is 8. The van der Waals surface area contributed by atoms with Crippen molar-refractivity contribution in [2.45, 2.75) is 6.42 Å². The molecule has 0 N–H and O–H groups in total. The maximum atomic E-state index is 12.8. The van der Waals surface area contributed by atoms with Gasteiger partial charge in [0, 0.05) is 43.3 Å². The fourth-order valence-corrected chi connectivity index (χ4v) is 3.54. The van der Waals surface area contributed by atoms with Crippen LogP contribution in [0.15, 0.2) is 42.5 Å². The van der Waals surface area contributed by atoms with Crippen LogP contribution in [0.4, 0.5) is 0 Å². The monoisotopic (exact) mass is 418 g/mol. The fourth-order valence-electron chi connectivity index (χ4n) is 3.36. The summed E-state index contributed by atoms with van der Waals surface area (Å²) < 4.78 is 16.3.